The fraction of sp³-hybridized carbons (Fsp3) is 0.526. The summed E-state index contributed by atoms with van der Waals surface area (Å²) in [5, 5.41) is 3.43. The van der Waals surface area contributed by atoms with E-state index in [1.54, 1.807) is 13.2 Å². The molecule has 5 rings (SSSR count). The van der Waals surface area contributed by atoms with Crippen molar-refractivity contribution in [1.82, 2.24) is 29.5 Å². The van der Waals surface area contributed by atoms with Crippen LogP contribution in [0.2, 0.25) is 5.28 Å². The Morgan fingerprint density at radius 1 is 1.17 bits per heavy atom. The predicted octanol–water partition coefficient (Wildman–Crippen LogP) is 2.53. The highest BCUT2D eigenvalue weighted by atomic mass is 35.5. The van der Waals surface area contributed by atoms with Gasteiger partial charge in [-0.2, -0.15) is 0 Å². The number of imidazole rings is 1. The summed E-state index contributed by atoms with van der Waals surface area (Å²) < 4.78 is 7.53. The molecule has 1 saturated heterocycles. The molecular weight excluding hydrogens is 392 g/mol. The van der Waals surface area contributed by atoms with Gasteiger partial charge in [-0.15, -0.1) is 0 Å². The predicted molar refractivity (Wildman–Crippen MR) is 111 cm³/mol. The first-order valence-corrected chi connectivity index (χ1v) is 10.3. The van der Waals surface area contributed by atoms with Crippen LogP contribution >= 0.6 is 11.6 Å². The maximum atomic E-state index is 6.53. The van der Waals surface area contributed by atoms with E-state index >= 15 is 0 Å². The second kappa shape index (κ2) is 7.38. The van der Waals surface area contributed by atoms with Crippen molar-refractivity contribution in [2.75, 3.05) is 43.6 Å². The number of ether oxygens (including phenoxy) is 1. The Morgan fingerprint density at radius 2 is 1.97 bits per heavy atom. The van der Waals surface area contributed by atoms with Crippen molar-refractivity contribution in [1.29, 1.82) is 0 Å². The highest BCUT2D eigenvalue weighted by Gasteiger charge is 2.27. The smallest absolute Gasteiger partial charge is 0.222 e. The van der Waals surface area contributed by atoms with Gasteiger partial charge in [0, 0.05) is 32.9 Å². The first-order chi connectivity index (χ1) is 14.1. The lowest BCUT2D eigenvalue weighted by atomic mass is 10.2. The van der Waals surface area contributed by atoms with Gasteiger partial charge in [0.1, 0.15) is 0 Å². The van der Waals surface area contributed by atoms with Gasteiger partial charge in [-0.1, -0.05) is 0 Å². The second-order valence-corrected chi connectivity index (χ2v) is 7.86. The van der Waals surface area contributed by atoms with E-state index in [1.165, 1.54) is 12.8 Å². The van der Waals surface area contributed by atoms with Crippen LogP contribution in [0, 0.1) is 12.8 Å². The molecule has 10 heteroatoms. The minimum absolute atomic E-state index is 0.464. The summed E-state index contributed by atoms with van der Waals surface area (Å²) in [7, 11) is 1.80. The third-order valence-corrected chi connectivity index (χ3v) is 5.71. The molecule has 3 aromatic heterocycles. The summed E-state index contributed by atoms with van der Waals surface area (Å²) in [6.45, 7) is 5.61. The summed E-state index contributed by atoms with van der Waals surface area (Å²) in [5.74, 6) is 2.60. The number of anilines is 2. The number of rotatable bonds is 5. The molecule has 0 radical (unpaired) electrons. The number of aromatic nitrogens is 6. The molecule has 2 fully saturated rings. The lowest BCUT2D eigenvalue weighted by Gasteiger charge is -2.28. The molecule has 0 aromatic carbocycles. The molecule has 0 spiro atoms. The number of fused-ring (bicyclic) bond motifs is 1. The van der Waals surface area contributed by atoms with E-state index in [4.69, 9.17) is 26.3 Å². The van der Waals surface area contributed by atoms with Crippen LogP contribution < -0.4 is 10.2 Å². The monoisotopic (exact) mass is 414 g/mol. The fourth-order valence-electron chi connectivity index (χ4n) is 3.60. The first-order valence-electron chi connectivity index (χ1n) is 9.92. The summed E-state index contributed by atoms with van der Waals surface area (Å²) in [6.07, 6.45) is 4.22. The number of hydrogen-bond donors (Lipinski definition) is 1. The fourth-order valence-corrected chi connectivity index (χ4v) is 3.84. The van der Waals surface area contributed by atoms with Crippen molar-refractivity contribution in [3.63, 3.8) is 0 Å². The van der Waals surface area contributed by atoms with Crippen LogP contribution in [-0.2, 0) is 11.3 Å². The summed E-state index contributed by atoms with van der Waals surface area (Å²) in [4.78, 5) is 25.4. The zero-order valence-corrected chi connectivity index (χ0v) is 17.3. The highest BCUT2D eigenvalue weighted by molar-refractivity contribution is 6.29. The number of nitrogens with zero attached hydrogens (tertiary/aromatic N) is 7. The lowest BCUT2D eigenvalue weighted by Crippen LogP contribution is -2.37. The van der Waals surface area contributed by atoms with Crippen LogP contribution in [0.4, 0.5) is 11.8 Å². The summed E-state index contributed by atoms with van der Waals surface area (Å²) in [5.41, 5.74) is 3.13. The molecule has 1 aliphatic carbocycles. The van der Waals surface area contributed by atoms with Gasteiger partial charge in [0.15, 0.2) is 22.8 Å². The minimum atomic E-state index is 0.464. The zero-order chi connectivity index (χ0) is 20.0. The Bertz CT molecular complexity index is 1060. The van der Waals surface area contributed by atoms with Gasteiger partial charge in [0.05, 0.1) is 24.5 Å². The summed E-state index contributed by atoms with van der Waals surface area (Å²) in [6, 6.07) is 0. The molecule has 4 heterocycles. The molecule has 0 atom stereocenters. The van der Waals surface area contributed by atoms with Gasteiger partial charge in [-0.25, -0.2) is 24.9 Å². The van der Waals surface area contributed by atoms with Gasteiger partial charge in [-0.3, -0.25) is 4.57 Å². The average molecular weight is 415 g/mol. The normalized spacial score (nSPS) is 17.1. The topological polar surface area (TPSA) is 93.9 Å². The van der Waals surface area contributed by atoms with Crippen LogP contribution in [0.1, 0.15) is 18.5 Å². The van der Waals surface area contributed by atoms with Crippen molar-refractivity contribution in [2.24, 2.45) is 5.92 Å². The molecule has 29 heavy (non-hydrogen) atoms. The molecular formula is C19H23ClN8O. The van der Waals surface area contributed by atoms with Crippen LogP contribution in [0.25, 0.3) is 22.6 Å². The number of morpholine rings is 1. The maximum Gasteiger partial charge on any atom is 0.222 e. The SMILES string of the molecule is CNc1ncc(-c2nc(N3CCOCC3)c3nc(Cl)n(CC4CC4)c3n2)c(C)n1. The van der Waals surface area contributed by atoms with Crippen molar-refractivity contribution in [2.45, 2.75) is 26.3 Å². The van der Waals surface area contributed by atoms with Crippen LogP contribution in [0.5, 0.6) is 0 Å². The van der Waals surface area contributed by atoms with E-state index in [1.807, 2.05) is 11.5 Å². The van der Waals surface area contributed by atoms with Gasteiger partial charge in [-0.05, 0) is 37.3 Å². The molecule has 3 aromatic rings. The van der Waals surface area contributed by atoms with Crippen molar-refractivity contribution in [3.8, 4) is 11.4 Å². The zero-order valence-electron chi connectivity index (χ0n) is 16.5. The molecule has 1 N–H and O–H groups in total. The Balaban J connectivity index is 1.69. The van der Waals surface area contributed by atoms with Crippen LogP contribution in [0.3, 0.4) is 0 Å². The van der Waals surface area contributed by atoms with E-state index in [-0.39, 0.29) is 0 Å². The van der Waals surface area contributed by atoms with Crippen molar-refractivity contribution in [3.05, 3.63) is 17.2 Å². The third kappa shape index (κ3) is 3.49. The molecule has 0 unspecified atom stereocenters. The van der Waals surface area contributed by atoms with Gasteiger partial charge >= 0.3 is 0 Å². The second-order valence-electron chi connectivity index (χ2n) is 7.52. The van der Waals surface area contributed by atoms with E-state index in [0.29, 0.717) is 36.2 Å². The minimum Gasteiger partial charge on any atom is -0.378 e. The van der Waals surface area contributed by atoms with Crippen molar-refractivity contribution >= 4 is 34.5 Å². The largest absolute Gasteiger partial charge is 0.378 e. The number of aryl methyl sites for hydroxylation is 1. The van der Waals surface area contributed by atoms with Crippen LogP contribution in [0.15, 0.2) is 6.20 Å². The molecule has 0 amide bonds. The maximum absolute atomic E-state index is 6.53. The molecule has 1 aliphatic heterocycles. The first kappa shape index (κ1) is 18.5. The quantitative estimate of drug-likeness (QED) is 0.636. The van der Waals surface area contributed by atoms with Crippen molar-refractivity contribution < 1.29 is 4.74 Å². The standard InChI is InChI=1S/C19H23ClN8O/c1-11-13(9-22-19(21-2)23-11)15-25-16(27-5-7-29-8-6-27)14-17(26-15)28(18(20)24-14)10-12-3-4-12/h9,12H,3-8,10H2,1-2H3,(H,21,22,23). The molecule has 2 aliphatic rings. The number of hydrogen-bond acceptors (Lipinski definition) is 8. The Labute approximate surface area is 173 Å². The van der Waals surface area contributed by atoms with Gasteiger partial charge < -0.3 is 15.0 Å². The van der Waals surface area contributed by atoms with E-state index < -0.39 is 0 Å². The Morgan fingerprint density at radius 3 is 2.66 bits per heavy atom. The van der Waals surface area contributed by atoms with E-state index in [0.717, 1.165) is 47.9 Å². The average Bonchev–Trinajstić information content (AvgIpc) is 3.51. The Kier molecular flexibility index (Phi) is 4.71. The molecule has 9 nitrogen and oxygen atoms in total. The van der Waals surface area contributed by atoms with E-state index in [2.05, 4.69) is 25.2 Å². The number of nitrogens with one attached hydrogen (secondary N) is 1. The molecule has 1 saturated carbocycles. The van der Waals surface area contributed by atoms with Gasteiger partial charge in [0.25, 0.3) is 0 Å². The van der Waals surface area contributed by atoms with E-state index in [9.17, 15) is 0 Å². The molecule has 152 valence electrons. The lowest BCUT2D eigenvalue weighted by molar-refractivity contribution is 0.122. The molecule has 0 bridgehead atoms. The highest BCUT2D eigenvalue weighted by Crippen LogP contribution is 2.35. The van der Waals surface area contributed by atoms with Gasteiger partial charge in [0.2, 0.25) is 11.2 Å². The summed E-state index contributed by atoms with van der Waals surface area (Å²) >= 11 is 6.53. The van der Waals surface area contributed by atoms with Crippen LogP contribution in [-0.4, -0.2) is 62.8 Å². The Hall–Kier alpha value is -2.52. The third-order valence-electron chi connectivity index (χ3n) is 5.42. The number of halogens is 1.